The predicted octanol–water partition coefficient (Wildman–Crippen LogP) is 2.12. The van der Waals surface area contributed by atoms with Crippen molar-refractivity contribution in [2.75, 3.05) is 0 Å². The molecule has 1 amide bonds. The average molecular weight is 349 g/mol. The van der Waals surface area contributed by atoms with Gasteiger partial charge in [0.2, 0.25) is 10.0 Å². The van der Waals surface area contributed by atoms with Crippen LogP contribution in [0, 0.1) is 5.82 Å². The number of halogens is 2. The first-order valence-corrected chi connectivity index (χ1v) is 8.36. The zero-order valence-electron chi connectivity index (χ0n) is 10.5. The molecule has 0 atom stereocenters. The lowest BCUT2D eigenvalue weighted by Gasteiger charge is -2.05. The maximum absolute atomic E-state index is 13.5. The standard InChI is InChI=1S/C12H10ClFN2O3S2/c13-7-1-3-9(10(14)5-7)12(17)16-6-8-2-4-11(20-8)21(15,18)19/h1-5H,6H2,(H,16,17)(H2,15,18,19). The zero-order chi connectivity index (χ0) is 15.6. The molecule has 0 bridgehead atoms. The summed E-state index contributed by atoms with van der Waals surface area (Å²) < 4.78 is 35.8. The van der Waals surface area contributed by atoms with E-state index in [1.54, 1.807) is 0 Å². The quantitative estimate of drug-likeness (QED) is 0.886. The molecule has 3 N–H and O–H groups in total. The molecule has 2 rings (SSSR count). The third kappa shape index (κ3) is 4.01. The van der Waals surface area contributed by atoms with Crippen LogP contribution in [0.25, 0.3) is 0 Å². The number of primary sulfonamides is 1. The van der Waals surface area contributed by atoms with Gasteiger partial charge in [-0.15, -0.1) is 11.3 Å². The van der Waals surface area contributed by atoms with Crippen LogP contribution in [0.2, 0.25) is 5.02 Å². The maximum atomic E-state index is 13.5. The largest absolute Gasteiger partial charge is 0.347 e. The van der Waals surface area contributed by atoms with E-state index in [1.165, 1.54) is 24.3 Å². The molecule has 0 radical (unpaired) electrons. The van der Waals surface area contributed by atoms with E-state index in [0.717, 1.165) is 17.4 Å². The first-order valence-electron chi connectivity index (χ1n) is 5.62. The minimum absolute atomic E-state index is 0.00409. The Labute approximate surface area is 129 Å². The van der Waals surface area contributed by atoms with Crippen LogP contribution in [0.1, 0.15) is 15.2 Å². The highest BCUT2D eigenvalue weighted by molar-refractivity contribution is 7.91. The van der Waals surface area contributed by atoms with Crippen LogP contribution >= 0.6 is 22.9 Å². The van der Waals surface area contributed by atoms with Crippen molar-refractivity contribution in [2.45, 2.75) is 10.8 Å². The average Bonchev–Trinajstić information content (AvgIpc) is 2.84. The fourth-order valence-electron chi connectivity index (χ4n) is 1.54. The van der Waals surface area contributed by atoms with Crippen LogP contribution in [0.4, 0.5) is 4.39 Å². The monoisotopic (exact) mass is 348 g/mol. The molecule has 0 saturated heterocycles. The summed E-state index contributed by atoms with van der Waals surface area (Å²) in [6.45, 7) is 0.0705. The highest BCUT2D eigenvalue weighted by Gasteiger charge is 2.14. The second-order valence-electron chi connectivity index (χ2n) is 4.07. The SMILES string of the molecule is NS(=O)(=O)c1ccc(CNC(=O)c2ccc(Cl)cc2F)s1. The molecule has 0 fully saturated rings. The number of carbonyl (C=O) groups excluding carboxylic acids is 1. The van der Waals surface area contributed by atoms with Gasteiger partial charge in [-0.25, -0.2) is 17.9 Å². The Morgan fingerprint density at radius 1 is 1.33 bits per heavy atom. The van der Waals surface area contributed by atoms with E-state index in [0.29, 0.717) is 4.88 Å². The first-order chi connectivity index (χ1) is 9.77. The lowest BCUT2D eigenvalue weighted by molar-refractivity contribution is 0.0947. The summed E-state index contributed by atoms with van der Waals surface area (Å²) in [5, 5.41) is 7.67. The maximum Gasteiger partial charge on any atom is 0.254 e. The van der Waals surface area contributed by atoms with Crippen LogP contribution in [0.3, 0.4) is 0 Å². The topological polar surface area (TPSA) is 89.3 Å². The van der Waals surface area contributed by atoms with Gasteiger partial charge in [0, 0.05) is 9.90 Å². The number of rotatable bonds is 4. The molecular weight excluding hydrogens is 339 g/mol. The second-order valence-corrected chi connectivity index (χ2v) is 7.47. The molecule has 0 aliphatic heterocycles. The van der Waals surface area contributed by atoms with Gasteiger partial charge in [0.15, 0.2) is 0 Å². The number of hydrogen-bond acceptors (Lipinski definition) is 4. The number of nitrogens with one attached hydrogen (secondary N) is 1. The predicted molar refractivity (Wildman–Crippen MR) is 78.3 cm³/mol. The lowest BCUT2D eigenvalue weighted by atomic mass is 10.2. The van der Waals surface area contributed by atoms with Gasteiger partial charge in [0.05, 0.1) is 12.1 Å². The molecule has 1 aromatic heterocycles. The highest BCUT2D eigenvalue weighted by Crippen LogP contribution is 2.20. The molecule has 1 heterocycles. The van der Waals surface area contributed by atoms with Crippen LogP contribution in [-0.4, -0.2) is 14.3 Å². The zero-order valence-corrected chi connectivity index (χ0v) is 12.9. The van der Waals surface area contributed by atoms with Gasteiger partial charge < -0.3 is 5.32 Å². The number of hydrogen-bond donors (Lipinski definition) is 2. The molecule has 112 valence electrons. The Morgan fingerprint density at radius 3 is 2.62 bits per heavy atom. The Balaban J connectivity index is 2.06. The smallest absolute Gasteiger partial charge is 0.254 e. The Kier molecular flexibility index (Phi) is 4.62. The van der Waals surface area contributed by atoms with E-state index < -0.39 is 21.7 Å². The van der Waals surface area contributed by atoms with Gasteiger partial charge in [0.25, 0.3) is 5.91 Å². The van der Waals surface area contributed by atoms with Crippen LogP contribution in [0.15, 0.2) is 34.5 Å². The summed E-state index contributed by atoms with van der Waals surface area (Å²) in [5.41, 5.74) is -0.136. The summed E-state index contributed by atoms with van der Waals surface area (Å²) in [7, 11) is -3.75. The molecule has 5 nitrogen and oxygen atoms in total. The molecule has 0 aliphatic rings. The van der Waals surface area contributed by atoms with E-state index >= 15 is 0 Å². The Morgan fingerprint density at radius 2 is 2.05 bits per heavy atom. The van der Waals surface area contributed by atoms with Crippen molar-refractivity contribution in [3.63, 3.8) is 0 Å². The van der Waals surface area contributed by atoms with Crippen LogP contribution < -0.4 is 10.5 Å². The van der Waals surface area contributed by atoms with E-state index in [1.807, 2.05) is 0 Å². The summed E-state index contributed by atoms with van der Waals surface area (Å²) in [6.07, 6.45) is 0. The van der Waals surface area contributed by atoms with Crippen molar-refractivity contribution < 1.29 is 17.6 Å². The van der Waals surface area contributed by atoms with Gasteiger partial charge in [-0.05, 0) is 30.3 Å². The van der Waals surface area contributed by atoms with Crippen LogP contribution in [-0.2, 0) is 16.6 Å². The number of sulfonamides is 1. The number of amides is 1. The molecule has 0 spiro atoms. The Hall–Kier alpha value is -1.48. The summed E-state index contributed by atoms with van der Waals surface area (Å²) >= 11 is 6.54. The molecule has 0 saturated carbocycles. The van der Waals surface area contributed by atoms with Crippen molar-refractivity contribution in [2.24, 2.45) is 5.14 Å². The van der Waals surface area contributed by atoms with E-state index in [9.17, 15) is 17.6 Å². The molecule has 2 aromatic rings. The van der Waals surface area contributed by atoms with Crippen molar-refractivity contribution in [1.82, 2.24) is 5.32 Å². The number of thiophene rings is 1. The highest BCUT2D eigenvalue weighted by atomic mass is 35.5. The normalized spacial score (nSPS) is 11.4. The number of nitrogens with two attached hydrogens (primary N) is 1. The van der Waals surface area contributed by atoms with Gasteiger partial charge >= 0.3 is 0 Å². The molecule has 0 unspecified atom stereocenters. The van der Waals surface area contributed by atoms with E-state index in [2.05, 4.69) is 5.32 Å². The summed E-state index contributed by atoms with van der Waals surface area (Å²) in [6, 6.07) is 6.61. The summed E-state index contributed by atoms with van der Waals surface area (Å²) in [4.78, 5) is 12.4. The number of benzene rings is 1. The van der Waals surface area contributed by atoms with Gasteiger partial charge in [-0.3, -0.25) is 4.79 Å². The van der Waals surface area contributed by atoms with Gasteiger partial charge in [-0.2, -0.15) is 0 Å². The van der Waals surface area contributed by atoms with E-state index in [4.69, 9.17) is 16.7 Å². The van der Waals surface area contributed by atoms with E-state index in [-0.39, 0.29) is 21.3 Å². The minimum Gasteiger partial charge on any atom is -0.347 e. The Bertz CT molecular complexity index is 790. The molecule has 0 aliphatic carbocycles. The first kappa shape index (κ1) is 15.9. The van der Waals surface area contributed by atoms with Gasteiger partial charge in [-0.1, -0.05) is 11.6 Å². The minimum atomic E-state index is -3.75. The third-order valence-corrected chi connectivity index (χ3v) is 5.28. The van der Waals surface area contributed by atoms with Crippen molar-refractivity contribution in [3.05, 3.63) is 51.6 Å². The van der Waals surface area contributed by atoms with Gasteiger partial charge in [0.1, 0.15) is 10.0 Å². The third-order valence-electron chi connectivity index (χ3n) is 2.52. The second kappa shape index (κ2) is 6.10. The van der Waals surface area contributed by atoms with Crippen molar-refractivity contribution in [1.29, 1.82) is 0 Å². The fraction of sp³-hybridized carbons (Fsp3) is 0.0833. The fourth-order valence-corrected chi connectivity index (χ4v) is 3.42. The molecule has 1 aromatic carbocycles. The molecule has 21 heavy (non-hydrogen) atoms. The number of carbonyl (C=O) groups is 1. The summed E-state index contributed by atoms with van der Waals surface area (Å²) in [5.74, 6) is -1.34. The lowest BCUT2D eigenvalue weighted by Crippen LogP contribution is -2.23. The van der Waals surface area contributed by atoms with Crippen molar-refractivity contribution >= 4 is 38.9 Å². The van der Waals surface area contributed by atoms with Crippen molar-refractivity contribution in [3.8, 4) is 0 Å². The van der Waals surface area contributed by atoms with Crippen LogP contribution in [0.5, 0.6) is 0 Å². The molecule has 9 heteroatoms. The molecular formula is C12H10ClFN2O3S2.